The van der Waals surface area contributed by atoms with Gasteiger partial charge in [-0.3, -0.25) is 4.79 Å². The van der Waals surface area contributed by atoms with Crippen LogP contribution in [0.25, 0.3) is 0 Å². The van der Waals surface area contributed by atoms with Crippen LogP contribution in [0.4, 0.5) is 5.69 Å². The molecule has 0 bridgehead atoms. The molecule has 2 unspecified atom stereocenters. The Labute approximate surface area is 123 Å². The summed E-state index contributed by atoms with van der Waals surface area (Å²) in [5, 5.41) is 16.6. The molecule has 1 fully saturated rings. The number of ether oxygens (including phenoxy) is 1. The summed E-state index contributed by atoms with van der Waals surface area (Å²) in [6.45, 7) is 2.86. The van der Waals surface area contributed by atoms with Gasteiger partial charge in [-0.1, -0.05) is 11.6 Å². The van der Waals surface area contributed by atoms with Crippen LogP contribution < -0.4 is 10.6 Å². The van der Waals surface area contributed by atoms with Crippen molar-refractivity contribution in [1.29, 1.82) is 0 Å². The Bertz CT molecular complexity index is 466. The number of nitrogens with one attached hydrogen (secondary N) is 2. The van der Waals surface area contributed by atoms with Gasteiger partial charge in [0.1, 0.15) is 5.60 Å². The molecule has 6 heteroatoms. The number of hydrogen-bond donors (Lipinski definition) is 3. The van der Waals surface area contributed by atoms with Crippen molar-refractivity contribution in [2.45, 2.75) is 25.0 Å². The van der Waals surface area contributed by atoms with Crippen LogP contribution in [-0.4, -0.2) is 42.4 Å². The molecule has 0 radical (unpaired) electrons. The number of aliphatic hydroxyl groups is 1. The molecule has 0 aliphatic carbocycles. The highest BCUT2D eigenvalue weighted by Crippen LogP contribution is 2.24. The van der Waals surface area contributed by atoms with E-state index in [1.54, 1.807) is 24.3 Å². The highest BCUT2D eigenvalue weighted by atomic mass is 35.5. The SMILES string of the molecule is CC1OCCC1(O)CNCC(=O)Nc1ccc(Cl)cc1. The number of rotatable bonds is 5. The smallest absolute Gasteiger partial charge is 0.238 e. The van der Waals surface area contributed by atoms with Crippen molar-refractivity contribution < 1.29 is 14.6 Å². The first kappa shape index (κ1) is 15.3. The number of benzene rings is 1. The van der Waals surface area contributed by atoms with Crippen LogP contribution in [0.2, 0.25) is 5.02 Å². The third kappa shape index (κ3) is 3.93. The van der Waals surface area contributed by atoms with E-state index in [0.29, 0.717) is 30.3 Å². The van der Waals surface area contributed by atoms with Crippen LogP contribution in [-0.2, 0) is 9.53 Å². The Morgan fingerprint density at radius 2 is 2.20 bits per heavy atom. The van der Waals surface area contributed by atoms with E-state index in [9.17, 15) is 9.90 Å². The zero-order chi connectivity index (χ0) is 14.6. The van der Waals surface area contributed by atoms with Crippen molar-refractivity contribution in [2.24, 2.45) is 0 Å². The van der Waals surface area contributed by atoms with Gasteiger partial charge in [0.05, 0.1) is 12.6 Å². The minimum absolute atomic E-state index is 0.137. The molecule has 20 heavy (non-hydrogen) atoms. The fourth-order valence-electron chi connectivity index (χ4n) is 2.13. The normalized spacial score (nSPS) is 25.6. The number of carbonyl (C=O) groups is 1. The molecule has 110 valence electrons. The van der Waals surface area contributed by atoms with E-state index in [4.69, 9.17) is 16.3 Å². The highest BCUT2D eigenvalue weighted by molar-refractivity contribution is 6.30. The van der Waals surface area contributed by atoms with Gasteiger partial charge in [0.15, 0.2) is 0 Å². The van der Waals surface area contributed by atoms with Gasteiger partial charge in [0.2, 0.25) is 5.91 Å². The van der Waals surface area contributed by atoms with Crippen LogP contribution in [0.5, 0.6) is 0 Å². The van der Waals surface area contributed by atoms with Gasteiger partial charge < -0.3 is 20.5 Å². The summed E-state index contributed by atoms with van der Waals surface area (Å²) in [5.74, 6) is -0.164. The molecular weight excluding hydrogens is 280 g/mol. The largest absolute Gasteiger partial charge is 0.386 e. The van der Waals surface area contributed by atoms with Crippen LogP contribution in [0.3, 0.4) is 0 Å². The number of halogens is 1. The van der Waals surface area contributed by atoms with Crippen LogP contribution in [0, 0.1) is 0 Å². The average molecular weight is 299 g/mol. The van der Waals surface area contributed by atoms with Crippen molar-refractivity contribution >= 4 is 23.2 Å². The molecule has 1 aromatic carbocycles. The Hall–Kier alpha value is -1.14. The molecule has 0 aromatic heterocycles. The van der Waals surface area contributed by atoms with Crippen LogP contribution in [0.15, 0.2) is 24.3 Å². The standard InChI is InChI=1S/C14H19ClN2O3/c1-10-14(19,6-7-20-10)9-16-8-13(18)17-12-4-2-11(15)3-5-12/h2-5,10,16,19H,6-9H2,1H3,(H,17,18). The van der Waals surface area contributed by atoms with Gasteiger partial charge in [-0.2, -0.15) is 0 Å². The molecule has 2 atom stereocenters. The Kier molecular flexibility index (Phi) is 4.99. The zero-order valence-electron chi connectivity index (χ0n) is 11.4. The summed E-state index contributed by atoms with van der Waals surface area (Å²) in [7, 11) is 0. The Morgan fingerprint density at radius 1 is 1.50 bits per heavy atom. The van der Waals surface area contributed by atoms with E-state index in [1.165, 1.54) is 0 Å². The second-order valence-corrected chi connectivity index (χ2v) is 5.46. The third-order valence-electron chi connectivity index (χ3n) is 3.50. The Morgan fingerprint density at radius 3 is 2.80 bits per heavy atom. The molecular formula is C14H19ClN2O3. The predicted octanol–water partition coefficient (Wildman–Crippen LogP) is 1.41. The molecule has 1 saturated heterocycles. The fourth-order valence-corrected chi connectivity index (χ4v) is 2.26. The minimum atomic E-state index is -0.888. The maximum Gasteiger partial charge on any atom is 0.238 e. The number of hydrogen-bond acceptors (Lipinski definition) is 4. The summed E-state index contributed by atoms with van der Waals surface area (Å²) in [6.07, 6.45) is 0.370. The molecule has 2 rings (SSSR count). The summed E-state index contributed by atoms with van der Waals surface area (Å²) in [6, 6.07) is 6.90. The molecule has 1 aliphatic rings. The summed E-state index contributed by atoms with van der Waals surface area (Å²) in [4.78, 5) is 11.7. The molecule has 0 saturated carbocycles. The molecule has 1 heterocycles. The molecule has 3 N–H and O–H groups in total. The lowest BCUT2D eigenvalue weighted by Crippen LogP contribution is -2.47. The predicted molar refractivity (Wildman–Crippen MR) is 77.9 cm³/mol. The first-order valence-corrected chi connectivity index (χ1v) is 6.97. The Balaban J connectivity index is 1.74. The zero-order valence-corrected chi connectivity index (χ0v) is 12.1. The maximum absolute atomic E-state index is 11.7. The van der Waals surface area contributed by atoms with Crippen molar-refractivity contribution in [2.75, 3.05) is 25.0 Å². The van der Waals surface area contributed by atoms with Gasteiger partial charge in [0.25, 0.3) is 0 Å². The second-order valence-electron chi connectivity index (χ2n) is 5.03. The van der Waals surface area contributed by atoms with E-state index in [1.807, 2.05) is 6.92 Å². The lowest BCUT2D eigenvalue weighted by atomic mass is 9.97. The third-order valence-corrected chi connectivity index (χ3v) is 3.76. The van der Waals surface area contributed by atoms with Crippen LogP contribution in [0.1, 0.15) is 13.3 Å². The van der Waals surface area contributed by atoms with Crippen molar-refractivity contribution in [3.05, 3.63) is 29.3 Å². The minimum Gasteiger partial charge on any atom is -0.386 e. The highest BCUT2D eigenvalue weighted by Gasteiger charge is 2.39. The molecule has 1 aromatic rings. The molecule has 1 aliphatic heterocycles. The number of amides is 1. The topological polar surface area (TPSA) is 70.6 Å². The van der Waals surface area contributed by atoms with E-state index in [-0.39, 0.29) is 18.6 Å². The summed E-state index contributed by atoms with van der Waals surface area (Å²) >= 11 is 5.77. The van der Waals surface area contributed by atoms with Crippen molar-refractivity contribution in [3.63, 3.8) is 0 Å². The van der Waals surface area contributed by atoms with Crippen molar-refractivity contribution in [3.8, 4) is 0 Å². The van der Waals surface area contributed by atoms with Crippen LogP contribution >= 0.6 is 11.6 Å². The number of anilines is 1. The monoisotopic (exact) mass is 298 g/mol. The van der Waals surface area contributed by atoms with E-state index in [0.717, 1.165) is 0 Å². The summed E-state index contributed by atoms with van der Waals surface area (Å²) < 4.78 is 5.33. The van der Waals surface area contributed by atoms with Gasteiger partial charge in [0, 0.05) is 30.3 Å². The van der Waals surface area contributed by atoms with Gasteiger partial charge in [-0.05, 0) is 31.2 Å². The number of carbonyl (C=O) groups excluding carboxylic acids is 1. The molecule has 0 spiro atoms. The average Bonchev–Trinajstić information content (AvgIpc) is 2.73. The molecule has 5 nitrogen and oxygen atoms in total. The van der Waals surface area contributed by atoms with Gasteiger partial charge in [-0.15, -0.1) is 0 Å². The van der Waals surface area contributed by atoms with E-state index < -0.39 is 5.60 Å². The second kappa shape index (κ2) is 6.54. The lowest BCUT2D eigenvalue weighted by Gasteiger charge is -2.26. The maximum atomic E-state index is 11.7. The quantitative estimate of drug-likeness (QED) is 0.769. The van der Waals surface area contributed by atoms with Gasteiger partial charge >= 0.3 is 0 Å². The van der Waals surface area contributed by atoms with E-state index >= 15 is 0 Å². The van der Waals surface area contributed by atoms with E-state index in [2.05, 4.69) is 10.6 Å². The first-order chi connectivity index (χ1) is 9.49. The molecule has 1 amide bonds. The summed E-state index contributed by atoms with van der Waals surface area (Å²) in [5.41, 5.74) is -0.196. The fraction of sp³-hybridized carbons (Fsp3) is 0.500. The first-order valence-electron chi connectivity index (χ1n) is 6.60. The lowest BCUT2D eigenvalue weighted by molar-refractivity contribution is -0.115. The van der Waals surface area contributed by atoms with Crippen molar-refractivity contribution in [1.82, 2.24) is 5.32 Å². The van der Waals surface area contributed by atoms with Gasteiger partial charge in [-0.25, -0.2) is 0 Å².